The number of aryl methyl sites for hydroxylation is 1. The Morgan fingerprint density at radius 2 is 2.38 bits per heavy atom. The maximum absolute atomic E-state index is 11.3. The van der Waals surface area contributed by atoms with E-state index in [0.717, 1.165) is 0 Å². The zero-order valence-corrected chi connectivity index (χ0v) is 8.89. The molecule has 2 aromatic rings. The van der Waals surface area contributed by atoms with Crippen LogP contribution in [-0.2, 0) is 11.8 Å². The van der Waals surface area contributed by atoms with Crippen molar-refractivity contribution in [2.75, 3.05) is 12.8 Å². The van der Waals surface area contributed by atoms with Gasteiger partial charge in [-0.2, -0.15) is 10.2 Å². The largest absolute Gasteiger partial charge is 0.464 e. The minimum Gasteiger partial charge on any atom is -0.464 e. The van der Waals surface area contributed by atoms with Gasteiger partial charge in [-0.25, -0.2) is 4.79 Å². The summed E-state index contributed by atoms with van der Waals surface area (Å²) in [7, 11) is 3.02. The minimum absolute atomic E-state index is 0.231. The predicted molar refractivity (Wildman–Crippen MR) is 56.5 cm³/mol. The number of carbonyl (C=O) groups is 1. The Kier molecular flexibility index (Phi) is 2.35. The molecule has 0 spiro atoms. The zero-order chi connectivity index (χ0) is 11.7. The summed E-state index contributed by atoms with van der Waals surface area (Å²) >= 11 is 0. The second-order valence-corrected chi connectivity index (χ2v) is 3.23. The number of ether oxygens (including phenoxy) is 1. The van der Waals surface area contributed by atoms with Gasteiger partial charge in [-0.1, -0.05) is 0 Å². The molecular weight excluding hydrogens is 210 g/mol. The molecule has 2 heterocycles. The van der Waals surface area contributed by atoms with Gasteiger partial charge < -0.3 is 10.5 Å². The van der Waals surface area contributed by atoms with Crippen LogP contribution < -0.4 is 5.73 Å². The number of nitrogen functional groups attached to an aromatic ring is 1. The Bertz CT molecular complexity index is 528. The van der Waals surface area contributed by atoms with Crippen molar-refractivity contribution in [1.29, 1.82) is 0 Å². The van der Waals surface area contributed by atoms with Crippen LogP contribution in [0, 0.1) is 0 Å². The summed E-state index contributed by atoms with van der Waals surface area (Å²) in [5.74, 6) is -0.486. The van der Waals surface area contributed by atoms with Crippen molar-refractivity contribution in [1.82, 2.24) is 20.0 Å². The number of methoxy groups -OCH3 is 1. The number of hydrogen-bond donors (Lipinski definition) is 2. The first-order valence-corrected chi connectivity index (χ1v) is 4.55. The molecule has 0 fully saturated rings. The molecule has 0 amide bonds. The molecule has 16 heavy (non-hydrogen) atoms. The smallest absolute Gasteiger partial charge is 0.358 e. The van der Waals surface area contributed by atoms with Gasteiger partial charge in [-0.3, -0.25) is 9.78 Å². The second kappa shape index (κ2) is 3.69. The van der Waals surface area contributed by atoms with Crippen molar-refractivity contribution in [2.45, 2.75) is 0 Å². The lowest BCUT2D eigenvalue weighted by atomic mass is 10.2. The molecule has 7 heteroatoms. The van der Waals surface area contributed by atoms with Gasteiger partial charge in [0.2, 0.25) is 0 Å². The van der Waals surface area contributed by atoms with Gasteiger partial charge in [0, 0.05) is 13.1 Å². The van der Waals surface area contributed by atoms with Gasteiger partial charge in [0.05, 0.1) is 24.7 Å². The highest BCUT2D eigenvalue weighted by Gasteiger charge is 2.16. The quantitative estimate of drug-likeness (QED) is 0.705. The normalized spacial score (nSPS) is 10.4. The number of anilines is 1. The van der Waals surface area contributed by atoms with E-state index in [1.807, 2.05) is 0 Å². The number of aromatic nitrogens is 4. The van der Waals surface area contributed by atoms with E-state index in [9.17, 15) is 4.79 Å². The molecule has 0 aliphatic rings. The Labute approximate surface area is 91.2 Å². The molecule has 0 aromatic carbocycles. The van der Waals surface area contributed by atoms with Crippen LogP contribution in [0.1, 0.15) is 10.5 Å². The molecule has 3 N–H and O–H groups in total. The molecule has 0 aliphatic heterocycles. The van der Waals surface area contributed by atoms with Gasteiger partial charge >= 0.3 is 5.97 Å². The van der Waals surface area contributed by atoms with Crippen LogP contribution in [0.3, 0.4) is 0 Å². The third-order valence-electron chi connectivity index (χ3n) is 2.20. The Morgan fingerprint density at radius 3 is 2.94 bits per heavy atom. The van der Waals surface area contributed by atoms with Crippen molar-refractivity contribution in [3.05, 3.63) is 18.0 Å². The first kappa shape index (κ1) is 10.2. The van der Waals surface area contributed by atoms with Gasteiger partial charge in [0.15, 0.2) is 5.69 Å². The van der Waals surface area contributed by atoms with E-state index in [2.05, 4.69) is 20.0 Å². The van der Waals surface area contributed by atoms with Crippen LogP contribution in [0.15, 0.2) is 12.3 Å². The van der Waals surface area contributed by atoms with E-state index in [0.29, 0.717) is 17.1 Å². The highest BCUT2D eigenvalue weighted by Crippen LogP contribution is 2.23. The van der Waals surface area contributed by atoms with Crippen LogP contribution in [0.25, 0.3) is 11.4 Å². The first-order valence-electron chi connectivity index (χ1n) is 4.55. The number of nitrogens with zero attached hydrogens (tertiary/aromatic N) is 3. The fraction of sp³-hybridized carbons (Fsp3) is 0.222. The fourth-order valence-corrected chi connectivity index (χ4v) is 1.41. The van der Waals surface area contributed by atoms with E-state index in [4.69, 9.17) is 5.73 Å². The van der Waals surface area contributed by atoms with Crippen LogP contribution in [0.4, 0.5) is 5.69 Å². The summed E-state index contributed by atoms with van der Waals surface area (Å²) in [5.41, 5.74) is 7.74. The molecule has 0 saturated heterocycles. The van der Waals surface area contributed by atoms with Crippen LogP contribution >= 0.6 is 0 Å². The topological polar surface area (TPSA) is 98.8 Å². The van der Waals surface area contributed by atoms with Crippen molar-refractivity contribution >= 4 is 11.7 Å². The van der Waals surface area contributed by atoms with Gasteiger partial charge in [-0.15, -0.1) is 0 Å². The number of H-pyrrole nitrogens is 1. The van der Waals surface area contributed by atoms with Crippen LogP contribution in [0.2, 0.25) is 0 Å². The molecule has 7 nitrogen and oxygen atoms in total. The molecule has 0 bridgehead atoms. The van der Waals surface area contributed by atoms with E-state index in [-0.39, 0.29) is 5.69 Å². The van der Waals surface area contributed by atoms with Gasteiger partial charge in [0.25, 0.3) is 0 Å². The maximum atomic E-state index is 11.3. The van der Waals surface area contributed by atoms with Gasteiger partial charge in [0.1, 0.15) is 5.69 Å². The molecule has 0 aliphatic carbocycles. The number of esters is 1. The number of carbonyl (C=O) groups excluding carboxylic acids is 1. The fourth-order valence-electron chi connectivity index (χ4n) is 1.41. The molecule has 0 saturated carbocycles. The predicted octanol–water partition coefficient (Wildman–Crippen LogP) is 0.179. The van der Waals surface area contributed by atoms with Crippen molar-refractivity contribution in [2.24, 2.45) is 7.05 Å². The first-order chi connectivity index (χ1) is 7.63. The lowest BCUT2D eigenvalue weighted by molar-refractivity contribution is 0.0593. The lowest BCUT2D eigenvalue weighted by Crippen LogP contribution is -2.03. The van der Waals surface area contributed by atoms with E-state index in [1.165, 1.54) is 18.0 Å². The minimum atomic E-state index is -0.486. The monoisotopic (exact) mass is 221 g/mol. The van der Waals surface area contributed by atoms with Crippen molar-refractivity contribution in [3.63, 3.8) is 0 Å². The molecule has 0 radical (unpaired) electrons. The average Bonchev–Trinajstić information content (AvgIpc) is 2.83. The molecule has 0 unspecified atom stereocenters. The van der Waals surface area contributed by atoms with E-state index in [1.54, 1.807) is 13.1 Å². The summed E-state index contributed by atoms with van der Waals surface area (Å²) < 4.78 is 6.12. The standard InChI is InChI=1S/C9H11N5O2/c1-14-7(8-5(10)4-11-12-8)3-6(13-14)9(15)16-2/h3-4H,10H2,1-2H3,(H,11,12). The summed E-state index contributed by atoms with van der Waals surface area (Å²) in [4.78, 5) is 11.3. The third-order valence-corrected chi connectivity index (χ3v) is 2.20. The summed E-state index contributed by atoms with van der Waals surface area (Å²) in [6, 6.07) is 1.59. The number of aromatic amines is 1. The highest BCUT2D eigenvalue weighted by molar-refractivity contribution is 5.89. The summed E-state index contributed by atoms with van der Waals surface area (Å²) in [6.07, 6.45) is 1.50. The Balaban J connectivity index is 2.47. The molecule has 2 aromatic heterocycles. The van der Waals surface area contributed by atoms with Gasteiger partial charge in [-0.05, 0) is 0 Å². The SMILES string of the molecule is COC(=O)c1cc(-c2[nH]ncc2N)n(C)n1. The molecular formula is C9H11N5O2. The highest BCUT2D eigenvalue weighted by atomic mass is 16.5. The second-order valence-electron chi connectivity index (χ2n) is 3.23. The summed E-state index contributed by atoms with van der Waals surface area (Å²) in [6.45, 7) is 0. The average molecular weight is 221 g/mol. The Morgan fingerprint density at radius 1 is 1.62 bits per heavy atom. The number of hydrogen-bond acceptors (Lipinski definition) is 5. The van der Waals surface area contributed by atoms with Crippen molar-refractivity contribution in [3.8, 4) is 11.4 Å². The van der Waals surface area contributed by atoms with Crippen LogP contribution in [-0.4, -0.2) is 33.1 Å². The zero-order valence-electron chi connectivity index (χ0n) is 8.89. The summed E-state index contributed by atoms with van der Waals surface area (Å²) in [5, 5.41) is 10.6. The maximum Gasteiger partial charge on any atom is 0.358 e. The molecule has 0 atom stereocenters. The number of nitrogens with one attached hydrogen (secondary N) is 1. The molecule has 84 valence electrons. The lowest BCUT2D eigenvalue weighted by Gasteiger charge is -1.98. The molecule has 2 rings (SSSR count). The number of rotatable bonds is 2. The Hall–Kier alpha value is -2.31. The van der Waals surface area contributed by atoms with E-state index < -0.39 is 5.97 Å². The van der Waals surface area contributed by atoms with Crippen molar-refractivity contribution < 1.29 is 9.53 Å². The van der Waals surface area contributed by atoms with E-state index >= 15 is 0 Å². The van der Waals surface area contributed by atoms with Crippen LogP contribution in [0.5, 0.6) is 0 Å². The third kappa shape index (κ3) is 1.52. The number of nitrogens with two attached hydrogens (primary N) is 1.